The minimum atomic E-state index is 0.536. The third kappa shape index (κ3) is 5.97. The molecule has 29 heavy (non-hydrogen) atoms. The number of aryl methyl sites for hydroxylation is 1. The molecule has 0 radical (unpaired) electrons. The van der Waals surface area contributed by atoms with E-state index in [4.69, 9.17) is 0 Å². The lowest BCUT2D eigenvalue weighted by atomic mass is 10.0. The summed E-state index contributed by atoms with van der Waals surface area (Å²) < 4.78 is 2.33. The van der Waals surface area contributed by atoms with Crippen molar-refractivity contribution in [2.75, 3.05) is 53.4 Å². The van der Waals surface area contributed by atoms with E-state index >= 15 is 0 Å². The number of likely N-dealkylation sites (N-methyl/N-ethyl adjacent to an activating group) is 1. The molecule has 1 aromatic heterocycles. The van der Waals surface area contributed by atoms with Crippen LogP contribution < -0.4 is 10.6 Å². The number of aliphatic imine (C=N–C) groups is 1. The maximum Gasteiger partial charge on any atom is 0.191 e. The Hall–Kier alpha value is -2.05. The first-order valence-electron chi connectivity index (χ1n) is 11.0. The molecule has 1 aliphatic heterocycles. The molecule has 6 heteroatoms. The molecule has 2 aromatic rings. The lowest BCUT2D eigenvalue weighted by molar-refractivity contribution is 0.0900. The second kappa shape index (κ2) is 10.6. The maximum absolute atomic E-state index is 4.42. The zero-order valence-corrected chi connectivity index (χ0v) is 18.6. The molecule has 1 aromatic carbocycles. The first kappa shape index (κ1) is 21.7. The van der Waals surface area contributed by atoms with Gasteiger partial charge in [0.2, 0.25) is 0 Å². The van der Waals surface area contributed by atoms with E-state index in [9.17, 15) is 0 Å². The SMILES string of the molecule is CN=C(NCCCn1ccc2ccccc21)NCC(C(C)C)N1CCN(C)CC1. The minimum Gasteiger partial charge on any atom is -0.356 e. The van der Waals surface area contributed by atoms with Gasteiger partial charge in [0.05, 0.1) is 0 Å². The van der Waals surface area contributed by atoms with Crippen LogP contribution in [0.15, 0.2) is 41.5 Å². The molecule has 1 aliphatic rings. The Labute approximate surface area is 176 Å². The minimum absolute atomic E-state index is 0.536. The van der Waals surface area contributed by atoms with Crippen LogP contribution in [-0.4, -0.2) is 79.7 Å². The lowest BCUT2D eigenvalue weighted by Crippen LogP contribution is -2.55. The molecule has 0 saturated carbocycles. The van der Waals surface area contributed by atoms with Crippen LogP contribution in [0, 0.1) is 5.92 Å². The number of hydrogen-bond acceptors (Lipinski definition) is 3. The van der Waals surface area contributed by atoms with Gasteiger partial charge in [-0.05, 0) is 36.9 Å². The third-order valence-corrected chi connectivity index (χ3v) is 6.03. The van der Waals surface area contributed by atoms with Crippen LogP contribution in [0.3, 0.4) is 0 Å². The van der Waals surface area contributed by atoms with Gasteiger partial charge in [-0.3, -0.25) is 9.89 Å². The summed E-state index contributed by atoms with van der Waals surface area (Å²) in [5, 5.41) is 8.35. The van der Waals surface area contributed by atoms with Crippen LogP contribution in [-0.2, 0) is 6.54 Å². The Kier molecular flexibility index (Phi) is 7.95. The van der Waals surface area contributed by atoms with Crippen LogP contribution in [0.1, 0.15) is 20.3 Å². The van der Waals surface area contributed by atoms with Crippen LogP contribution in [0.25, 0.3) is 10.9 Å². The quantitative estimate of drug-likeness (QED) is 0.407. The molecule has 0 amide bonds. The van der Waals surface area contributed by atoms with Gasteiger partial charge in [0, 0.05) is 70.6 Å². The number of benzene rings is 1. The average molecular weight is 399 g/mol. The summed E-state index contributed by atoms with van der Waals surface area (Å²) in [7, 11) is 4.07. The predicted octanol–water partition coefficient (Wildman–Crippen LogP) is 2.47. The number of para-hydroxylation sites is 1. The Bertz CT molecular complexity index is 773. The molecule has 3 rings (SSSR count). The van der Waals surface area contributed by atoms with Crippen molar-refractivity contribution in [2.24, 2.45) is 10.9 Å². The zero-order chi connectivity index (χ0) is 20.6. The smallest absolute Gasteiger partial charge is 0.191 e. The van der Waals surface area contributed by atoms with Gasteiger partial charge >= 0.3 is 0 Å². The van der Waals surface area contributed by atoms with Gasteiger partial charge in [-0.2, -0.15) is 0 Å². The fraction of sp³-hybridized carbons (Fsp3) is 0.609. The van der Waals surface area contributed by atoms with Crippen molar-refractivity contribution in [3.8, 4) is 0 Å². The standard InChI is InChI=1S/C23H38N6/c1-19(2)22(29-16-14-27(4)15-17-29)18-26-23(24-3)25-11-7-12-28-13-10-20-8-5-6-9-21(20)28/h5-6,8-10,13,19,22H,7,11-12,14-18H2,1-4H3,(H2,24,25,26). The van der Waals surface area contributed by atoms with Crippen LogP contribution in [0.5, 0.6) is 0 Å². The van der Waals surface area contributed by atoms with Crippen LogP contribution in [0.2, 0.25) is 0 Å². The summed E-state index contributed by atoms with van der Waals surface area (Å²) in [5.41, 5.74) is 1.31. The maximum atomic E-state index is 4.42. The van der Waals surface area contributed by atoms with Gasteiger partial charge in [-0.1, -0.05) is 32.0 Å². The van der Waals surface area contributed by atoms with Crippen molar-refractivity contribution in [3.05, 3.63) is 36.5 Å². The van der Waals surface area contributed by atoms with Crippen LogP contribution in [0.4, 0.5) is 0 Å². The number of nitrogens with one attached hydrogen (secondary N) is 2. The van der Waals surface area contributed by atoms with E-state index in [1.807, 2.05) is 7.05 Å². The van der Waals surface area contributed by atoms with Gasteiger partial charge < -0.3 is 20.1 Å². The number of fused-ring (bicyclic) bond motifs is 1. The molecule has 2 heterocycles. The number of nitrogens with zero attached hydrogens (tertiary/aromatic N) is 4. The molecule has 160 valence electrons. The second-order valence-electron chi connectivity index (χ2n) is 8.45. The average Bonchev–Trinajstić information content (AvgIpc) is 3.14. The van der Waals surface area contributed by atoms with Crippen molar-refractivity contribution in [2.45, 2.75) is 32.9 Å². The fourth-order valence-corrected chi connectivity index (χ4v) is 4.15. The van der Waals surface area contributed by atoms with Gasteiger partial charge in [0.15, 0.2) is 5.96 Å². The zero-order valence-electron chi connectivity index (χ0n) is 18.6. The number of guanidine groups is 1. The highest BCUT2D eigenvalue weighted by Crippen LogP contribution is 2.15. The Morgan fingerprint density at radius 3 is 2.55 bits per heavy atom. The first-order valence-corrected chi connectivity index (χ1v) is 11.0. The summed E-state index contributed by atoms with van der Waals surface area (Å²) >= 11 is 0. The summed E-state index contributed by atoms with van der Waals surface area (Å²) in [4.78, 5) is 9.46. The third-order valence-electron chi connectivity index (χ3n) is 6.03. The normalized spacial score (nSPS) is 17.8. The van der Waals surface area contributed by atoms with Crippen molar-refractivity contribution in [1.29, 1.82) is 0 Å². The van der Waals surface area contributed by atoms with Gasteiger partial charge in [0.25, 0.3) is 0 Å². The van der Waals surface area contributed by atoms with Crippen molar-refractivity contribution in [3.63, 3.8) is 0 Å². The van der Waals surface area contributed by atoms with Gasteiger partial charge in [-0.15, -0.1) is 0 Å². The highest BCUT2D eigenvalue weighted by Gasteiger charge is 2.24. The van der Waals surface area contributed by atoms with E-state index in [1.165, 1.54) is 10.9 Å². The predicted molar refractivity (Wildman–Crippen MR) is 124 cm³/mol. The van der Waals surface area contributed by atoms with Crippen molar-refractivity contribution in [1.82, 2.24) is 25.0 Å². The van der Waals surface area contributed by atoms with Gasteiger partial charge in [-0.25, -0.2) is 0 Å². The molecule has 1 saturated heterocycles. The van der Waals surface area contributed by atoms with E-state index in [-0.39, 0.29) is 0 Å². The fourth-order valence-electron chi connectivity index (χ4n) is 4.15. The molecule has 1 unspecified atom stereocenters. The monoisotopic (exact) mass is 398 g/mol. The molecule has 1 atom stereocenters. The number of hydrogen-bond donors (Lipinski definition) is 2. The van der Waals surface area contributed by atoms with E-state index in [2.05, 4.69) is 87.4 Å². The summed E-state index contributed by atoms with van der Waals surface area (Å²) in [6, 6.07) is 11.3. The molecular weight excluding hydrogens is 360 g/mol. The first-order chi connectivity index (χ1) is 14.1. The Balaban J connectivity index is 1.42. The topological polar surface area (TPSA) is 47.8 Å². The van der Waals surface area contributed by atoms with Gasteiger partial charge in [0.1, 0.15) is 0 Å². The number of rotatable bonds is 8. The molecular formula is C23H38N6. The molecule has 0 aliphatic carbocycles. The van der Waals surface area contributed by atoms with Crippen molar-refractivity contribution < 1.29 is 0 Å². The highest BCUT2D eigenvalue weighted by molar-refractivity contribution is 5.80. The Morgan fingerprint density at radius 1 is 1.07 bits per heavy atom. The highest BCUT2D eigenvalue weighted by atomic mass is 15.3. The van der Waals surface area contributed by atoms with E-state index < -0.39 is 0 Å². The molecule has 0 spiro atoms. The lowest BCUT2D eigenvalue weighted by Gasteiger charge is -2.40. The number of aromatic nitrogens is 1. The largest absolute Gasteiger partial charge is 0.356 e. The molecule has 6 nitrogen and oxygen atoms in total. The van der Waals surface area contributed by atoms with E-state index in [0.29, 0.717) is 12.0 Å². The summed E-state index contributed by atoms with van der Waals surface area (Å²) in [6.45, 7) is 12.1. The second-order valence-corrected chi connectivity index (χ2v) is 8.45. The van der Waals surface area contributed by atoms with E-state index in [1.54, 1.807) is 0 Å². The van der Waals surface area contributed by atoms with Crippen LogP contribution >= 0.6 is 0 Å². The molecule has 2 N–H and O–H groups in total. The Morgan fingerprint density at radius 2 is 1.83 bits per heavy atom. The number of piperazine rings is 1. The summed E-state index contributed by atoms with van der Waals surface area (Å²) in [6.07, 6.45) is 3.24. The molecule has 0 bridgehead atoms. The van der Waals surface area contributed by atoms with E-state index in [0.717, 1.165) is 58.2 Å². The summed E-state index contributed by atoms with van der Waals surface area (Å²) in [5.74, 6) is 1.52. The van der Waals surface area contributed by atoms with Crippen molar-refractivity contribution >= 4 is 16.9 Å². The molecule has 1 fully saturated rings.